The monoisotopic (exact) mass is 447 g/mol. The van der Waals surface area contributed by atoms with Crippen molar-refractivity contribution in [2.45, 2.75) is 19.4 Å². The molecule has 2 aromatic heterocycles. The van der Waals surface area contributed by atoms with E-state index in [1.807, 2.05) is 6.07 Å². The molecule has 0 bridgehead atoms. The fourth-order valence-corrected chi connectivity index (χ4v) is 3.52. The lowest BCUT2D eigenvalue weighted by molar-refractivity contribution is 0.0833. The Labute approximate surface area is 180 Å². The smallest absolute Gasteiger partial charge is 0.192 e. The maximum atomic E-state index is 14.1. The summed E-state index contributed by atoms with van der Waals surface area (Å²) in [5.74, 6) is -3.30. The normalized spacial score (nSPS) is 11.7. The number of nitrogens with zero attached hydrogens (tertiary/aromatic N) is 5. The van der Waals surface area contributed by atoms with Gasteiger partial charge in [0.25, 0.3) is 0 Å². The lowest BCUT2D eigenvalue weighted by Crippen LogP contribution is -2.30. The van der Waals surface area contributed by atoms with Crippen molar-refractivity contribution in [3.8, 4) is 22.8 Å². The predicted molar refractivity (Wildman–Crippen MR) is 109 cm³/mol. The van der Waals surface area contributed by atoms with E-state index in [-0.39, 0.29) is 5.82 Å². The third-order valence-corrected chi connectivity index (χ3v) is 5.01. The van der Waals surface area contributed by atoms with Crippen LogP contribution in [0.3, 0.4) is 0 Å². The summed E-state index contributed by atoms with van der Waals surface area (Å²) in [6.45, 7) is 3.15. The van der Waals surface area contributed by atoms with Gasteiger partial charge in [0.15, 0.2) is 34.6 Å². The Kier molecular flexibility index (Phi) is 5.22. The van der Waals surface area contributed by atoms with Gasteiger partial charge in [-0.25, -0.2) is 17.9 Å². The van der Waals surface area contributed by atoms with Gasteiger partial charge in [0.1, 0.15) is 5.82 Å². The van der Waals surface area contributed by atoms with Gasteiger partial charge in [0, 0.05) is 37.1 Å². The largest absolute Gasteiger partial charge is 0.474 e. The third-order valence-electron chi connectivity index (χ3n) is 4.70. The van der Waals surface area contributed by atoms with E-state index in [4.69, 9.17) is 16.3 Å². The van der Waals surface area contributed by atoms with Crippen LogP contribution < -0.4 is 4.74 Å². The fourth-order valence-electron chi connectivity index (χ4n) is 3.26. The van der Waals surface area contributed by atoms with Crippen LogP contribution in [0, 0.1) is 17.5 Å². The van der Waals surface area contributed by atoms with Crippen LogP contribution in [0.15, 0.2) is 48.8 Å². The average Bonchev–Trinajstić information content (AvgIpc) is 3.35. The molecular weight excluding hydrogens is 431 g/mol. The van der Waals surface area contributed by atoms with Crippen molar-refractivity contribution < 1.29 is 17.9 Å². The molecule has 160 valence electrons. The maximum Gasteiger partial charge on any atom is 0.192 e. The molecule has 10 heteroatoms. The van der Waals surface area contributed by atoms with E-state index in [2.05, 4.69) is 15.3 Å². The zero-order chi connectivity index (χ0) is 22.3. The molecule has 0 atom stereocenters. The lowest BCUT2D eigenvalue weighted by atomic mass is 10.1. The molecule has 0 amide bonds. The van der Waals surface area contributed by atoms with Crippen LogP contribution in [-0.4, -0.2) is 24.5 Å². The van der Waals surface area contributed by atoms with Gasteiger partial charge in [0.2, 0.25) is 0 Å². The number of hydrogen-bond donors (Lipinski definition) is 0. The number of rotatable bonds is 5. The molecule has 0 radical (unpaired) electrons. The van der Waals surface area contributed by atoms with E-state index in [0.717, 1.165) is 5.69 Å². The van der Waals surface area contributed by atoms with Crippen LogP contribution in [0.25, 0.3) is 17.1 Å². The number of ether oxygens (including phenoxy) is 1. The molecule has 31 heavy (non-hydrogen) atoms. The Balaban J connectivity index is 1.68. The van der Waals surface area contributed by atoms with Gasteiger partial charge in [-0.2, -0.15) is 5.10 Å². The van der Waals surface area contributed by atoms with E-state index >= 15 is 0 Å². The molecule has 0 spiro atoms. The summed E-state index contributed by atoms with van der Waals surface area (Å²) in [6, 6.07) is 8.25. The molecular formula is C21H17ClF3N5O. The third kappa shape index (κ3) is 3.88. The van der Waals surface area contributed by atoms with Crippen molar-refractivity contribution in [1.82, 2.24) is 24.5 Å². The minimum absolute atomic E-state index is 0.290. The van der Waals surface area contributed by atoms with Gasteiger partial charge in [-0.3, -0.25) is 0 Å². The Bertz CT molecular complexity index is 1230. The minimum Gasteiger partial charge on any atom is -0.474 e. The van der Waals surface area contributed by atoms with Crippen LogP contribution in [0.4, 0.5) is 13.2 Å². The second kappa shape index (κ2) is 7.73. The Morgan fingerprint density at radius 1 is 1.03 bits per heavy atom. The summed E-state index contributed by atoms with van der Waals surface area (Å²) >= 11 is 6.47. The molecule has 2 aromatic carbocycles. The second-order valence-corrected chi connectivity index (χ2v) is 7.74. The van der Waals surface area contributed by atoms with Crippen molar-refractivity contribution >= 4 is 11.6 Å². The number of aromatic nitrogens is 5. The number of halogens is 4. The van der Waals surface area contributed by atoms with Crippen LogP contribution in [-0.2, 0) is 12.6 Å². The van der Waals surface area contributed by atoms with E-state index in [1.165, 1.54) is 0 Å². The van der Waals surface area contributed by atoms with Crippen molar-refractivity contribution in [2.75, 3.05) is 0 Å². The summed E-state index contributed by atoms with van der Waals surface area (Å²) in [6.07, 6.45) is 3.45. The highest BCUT2D eigenvalue weighted by molar-refractivity contribution is 6.33. The Hall–Kier alpha value is -3.33. The van der Waals surface area contributed by atoms with Gasteiger partial charge in [-0.15, -0.1) is 10.2 Å². The molecule has 0 saturated heterocycles. The van der Waals surface area contributed by atoms with Crippen LogP contribution in [0.5, 0.6) is 5.75 Å². The maximum absolute atomic E-state index is 14.1. The van der Waals surface area contributed by atoms with E-state index in [9.17, 15) is 13.2 Å². The van der Waals surface area contributed by atoms with Crippen molar-refractivity contribution in [3.63, 3.8) is 0 Å². The highest BCUT2D eigenvalue weighted by Crippen LogP contribution is 2.34. The first-order chi connectivity index (χ1) is 14.7. The van der Waals surface area contributed by atoms with Gasteiger partial charge in [-0.05, 0) is 38.1 Å². The molecule has 0 unspecified atom stereocenters. The van der Waals surface area contributed by atoms with Crippen molar-refractivity contribution in [3.05, 3.63) is 77.1 Å². The average molecular weight is 448 g/mol. The van der Waals surface area contributed by atoms with Gasteiger partial charge in [-0.1, -0.05) is 11.6 Å². The van der Waals surface area contributed by atoms with Gasteiger partial charge < -0.3 is 9.30 Å². The molecule has 4 aromatic rings. The molecule has 0 N–H and O–H groups in total. The molecule has 0 fully saturated rings. The van der Waals surface area contributed by atoms with Crippen LogP contribution >= 0.6 is 11.6 Å². The van der Waals surface area contributed by atoms with E-state index in [1.54, 1.807) is 60.7 Å². The first kappa shape index (κ1) is 20.9. The zero-order valence-corrected chi connectivity index (χ0v) is 17.5. The SMILES string of the molecule is Cn1c(-c2ccc(-n3cccn3)cc2Cl)nnc1C(C)(C)Oc1c(F)cc(F)cc1F. The van der Waals surface area contributed by atoms with Crippen molar-refractivity contribution in [1.29, 1.82) is 0 Å². The van der Waals surface area contributed by atoms with Crippen LogP contribution in [0.1, 0.15) is 19.7 Å². The highest BCUT2D eigenvalue weighted by atomic mass is 35.5. The first-order valence-electron chi connectivity index (χ1n) is 9.21. The summed E-state index contributed by atoms with van der Waals surface area (Å²) in [7, 11) is 1.69. The second-order valence-electron chi connectivity index (χ2n) is 7.33. The molecule has 4 rings (SSSR count). The first-order valence-corrected chi connectivity index (χ1v) is 9.58. The summed E-state index contributed by atoms with van der Waals surface area (Å²) in [4.78, 5) is 0. The zero-order valence-electron chi connectivity index (χ0n) is 16.8. The topological polar surface area (TPSA) is 57.8 Å². The molecule has 0 aliphatic heterocycles. The van der Waals surface area contributed by atoms with Gasteiger partial charge in [0.05, 0.1) is 10.7 Å². The number of benzene rings is 2. The quantitative estimate of drug-likeness (QED) is 0.429. The van der Waals surface area contributed by atoms with Gasteiger partial charge >= 0.3 is 0 Å². The van der Waals surface area contributed by atoms with Crippen molar-refractivity contribution in [2.24, 2.45) is 7.05 Å². The molecule has 2 heterocycles. The summed E-state index contributed by atoms with van der Waals surface area (Å²) in [5.41, 5.74) is 0.0851. The fraction of sp³-hybridized carbons (Fsp3) is 0.190. The molecule has 0 aliphatic rings. The number of hydrogen-bond acceptors (Lipinski definition) is 4. The minimum atomic E-state index is -1.29. The molecule has 0 aliphatic carbocycles. The van der Waals surface area contributed by atoms with Crippen LogP contribution in [0.2, 0.25) is 5.02 Å². The Morgan fingerprint density at radius 2 is 1.74 bits per heavy atom. The van der Waals surface area contributed by atoms with E-state index < -0.39 is 28.8 Å². The highest BCUT2D eigenvalue weighted by Gasteiger charge is 2.32. The summed E-state index contributed by atoms with van der Waals surface area (Å²) < 4.78 is 50.2. The molecule has 6 nitrogen and oxygen atoms in total. The summed E-state index contributed by atoms with van der Waals surface area (Å²) in [5, 5.41) is 12.9. The standard InChI is InChI=1S/C21H17ClF3N5O/c1-21(2,31-18-16(24)9-12(23)10-17(18)25)20-28-27-19(29(20)3)14-6-5-13(11-15(14)22)30-8-4-7-26-30/h4-11H,1-3H3. The molecule has 0 saturated carbocycles. The lowest BCUT2D eigenvalue weighted by Gasteiger charge is -2.26. The predicted octanol–water partition coefficient (Wildman–Crippen LogP) is 5.05. The van der Waals surface area contributed by atoms with E-state index in [0.29, 0.717) is 28.5 Å². The Morgan fingerprint density at radius 3 is 2.35 bits per heavy atom.